The second-order valence-electron chi connectivity index (χ2n) is 6.82. The fourth-order valence-electron chi connectivity index (χ4n) is 2.89. The Morgan fingerprint density at radius 1 is 1.45 bits per heavy atom. The van der Waals surface area contributed by atoms with E-state index in [4.69, 9.17) is 4.74 Å². The van der Waals surface area contributed by atoms with Crippen LogP contribution in [0.5, 0.6) is 5.75 Å². The number of hydrogen-bond donors (Lipinski definition) is 2. The van der Waals surface area contributed by atoms with Crippen LogP contribution in [0.25, 0.3) is 0 Å². The minimum atomic E-state index is 0.0517. The van der Waals surface area contributed by atoms with E-state index in [0.717, 1.165) is 17.9 Å². The molecule has 0 bridgehead atoms. The van der Waals surface area contributed by atoms with Crippen LogP contribution < -0.4 is 15.4 Å². The van der Waals surface area contributed by atoms with Gasteiger partial charge >= 0.3 is 0 Å². The van der Waals surface area contributed by atoms with Gasteiger partial charge in [-0.1, -0.05) is 26.0 Å². The lowest BCUT2D eigenvalue weighted by atomic mass is 9.77. The molecule has 0 spiro atoms. The molecule has 4 nitrogen and oxygen atoms in total. The standard InChI is InChI=1S/C18H28N2O2/c1-14-6-4-7-15(12-14)22-11-8-17(21)20-13-16-18(2,3)9-5-10-19-16/h4,6-7,12,16,19H,5,8-11,13H2,1-3H3,(H,20,21). The number of carbonyl (C=O) groups excluding carboxylic acids is 1. The van der Waals surface area contributed by atoms with Gasteiger partial charge in [-0.2, -0.15) is 0 Å². The Balaban J connectivity index is 1.67. The molecule has 1 aromatic carbocycles. The van der Waals surface area contributed by atoms with Crippen molar-refractivity contribution >= 4 is 5.91 Å². The number of nitrogens with one attached hydrogen (secondary N) is 2. The zero-order valence-corrected chi connectivity index (χ0v) is 13.9. The predicted octanol–water partition coefficient (Wildman–Crippen LogP) is 2.66. The minimum absolute atomic E-state index is 0.0517. The van der Waals surface area contributed by atoms with Gasteiger partial charge in [-0.25, -0.2) is 0 Å². The normalized spacial score (nSPS) is 20.4. The highest BCUT2D eigenvalue weighted by Gasteiger charge is 2.31. The molecule has 22 heavy (non-hydrogen) atoms. The molecule has 1 fully saturated rings. The van der Waals surface area contributed by atoms with Crippen LogP contribution in [0.1, 0.15) is 38.7 Å². The maximum absolute atomic E-state index is 11.9. The highest BCUT2D eigenvalue weighted by molar-refractivity contribution is 5.76. The van der Waals surface area contributed by atoms with E-state index in [2.05, 4.69) is 24.5 Å². The van der Waals surface area contributed by atoms with E-state index in [9.17, 15) is 4.79 Å². The van der Waals surface area contributed by atoms with Crippen molar-refractivity contribution in [2.75, 3.05) is 19.7 Å². The lowest BCUT2D eigenvalue weighted by Gasteiger charge is -2.39. The van der Waals surface area contributed by atoms with Gasteiger partial charge in [0.05, 0.1) is 13.0 Å². The number of carbonyl (C=O) groups is 1. The largest absolute Gasteiger partial charge is 0.493 e. The van der Waals surface area contributed by atoms with Crippen molar-refractivity contribution in [3.63, 3.8) is 0 Å². The van der Waals surface area contributed by atoms with Crippen molar-refractivity contribution in [2.45, 2.75) is 46.1 Å². The first-order valence-electron chi connectivity index (χ1n) is 8.17. The average Bonchev–Trinajstić information content (AvgIpc) is 2.46. The van der Waals surface area contributed by atoms with Gasteiger partial charge in [0.15, 0.2) is 0 Å². The maximum Gasteiger partial charge on any atom is 0.223 e. The molecular weight excluding hydrogens is 276 g/mol. The summed E-state index contributed by atoms with van der Waals surface area (Å²) in [6.45, 7) is 8.69. The quantitative estimate of drug-likeness (QED) is 0.849. The topological polar surface area (TPSA) is 50.4 Å². The SMILES string of the molecule is Cc1cccc(OCCC(=O)NCC2NCCCC2(C)C)c1. The second kappa shape index (κ2) is 7.63. The van der Waals surface area contributed by atoms with Crippen LogP contribution in [-0.4, -0.2) is 31.6 Å². The zero-order chi connectivity index (χ0) is 16.0. The van der Waals surface area contributed by atoms with E-state index in [0.29, 0.717) is 25.6 Å². The Morgan fingerprint density at radius 2 is 2.27 bits per heavy atom. The van der Waals surface area contributed by atoms with Gasteiger partial charge < -0.3 is 15.4 Å². The molecule has 0 aliphatic carbocycles. The molecule has 2 rings (SSSR count). The first-order chi connectivity index (χ1) is 10.5. The molecule has 1 saturated heterocycles. The summed E-state index contributed by atoms with van der Waals surface area (Å²) in [7, 11) is 0. The zero-order valence-electron chi connectivity index (χ0n) is 13.9. The van der Waals surface area contributed by atoms with E-state index in [1.165, 1.54) is 12.8 Å². The molecule has 2 N–H and O–H groups in total. The van der Waals surface area contributed by atoms with E-state index in [1.54, 1.807) is 0 Å². The fourth-order valence-corrected chi connectivity index (χ4v) is 2.89. The summed E-state index contributed by atoms with van der Waals surface area (Å²) in [4.78, 5) is 11.9. The molecular formula is C18H28N2O2. The van der Waals surface area contributed by atoms with Crippen LogP contribution in [0, 0.1) is 12.3 Å². The molecule has 1 aromatic rings. The van der Waals surface area contributed by atoms with Crippen molar-refractivity contribution in [1.82, 2.24) is 10.6 Å². The van der Waals surface area contributed by atoms with Crippen LogP contribution >= 0.6 is 0 Å². The van der Waals surface area contributed by atoms with Gasteiger partial charge in [-0.3, -0.25) is 4.79 Å². The number of rotatable bonds is 6. The van der Waals surface area contributed by atoms with Gasteiger partial charge in [0, 0.05) is 12.6 Å². The summed E-state index contributed by atoms with van der Waals surface area (Å²) in [6.07, 6.45) is 2.81. The highest BCUT2D eigenvalue weighted by atomic mass is 16.5. The summed E-state index contributed by atoms with van der Waals surface area (Å²) in [5.41, 5.74) is 1.40. The Morgan fingerprint density at radius 3 is 3.00 bits per heavy atom. The molecule has 0 aromatic heterocycles. The summed E-state index contributed by atoms with van der Waals surface area (Å²) in [5, 5.41) is 6.53. The number of ether oxygens (including phenoxy) is 1. The first-order valence-corrected chi connectivity index (χ1v) is 8.17. The van der Waals surface area contributed by atoms with Crippen LogP contribution in [0.4, 0.5) is 0 Å². The van der Waals surface area contributed by atoms with Crippen molar-refractivity contribution in [3.05, 3.63) is 29.8 Å². The lowest BCUT2D eigenvalue weighted by Crippen LogP contribution is -2.52. The van der Waals surface area contributed by atoms with Gasteiger partial charge in [-0.05, 0) is 49.4 Å². The molecule has 1 aliphatic rings. The van der Waals surface area contributed by atoms with Crippen LogP contribution in [0.3, 0.4) is 0 Å². The monoisotopic (exact) mass is 304 g/mol. The molecule has 1 aliphatic heterocycles. The number of hydrogen-bond acceptors (Lipinski definition) is 3. The smallest absolute Gasteiger partial charge is 0.223 e. The Kier molecular flexibility index (Phi) is 5.83. The summed E-state index contributed by atoms with van der Waals surface area (Å²) >= 11 is 0. The van der Waals surface area contributed by atoms with Gasteiger partial charge in [0.2, 0.25) is 5.91 Å². The van der Waals surface area contributed by atoms with E-state index in [1.807, 2.05) is 31.2 Å². The third kappa shape index (κ3) is 5.02. The Hall–Kier alpha value is -1.55. The maximum atomic E-state index is 11.9. The molecule has 122 valence electrons. The third-order valence-corrected chi connectivity index (χ3v) is 4.42. The van der Waals surface area contributed by atoms with Gasteiger partial charge in [0.1, 0.15) is 5.75 Å². The second-order valence-corrected chi connectivity index (χ2v) is 6.82. The minimum Gasteiger partial charge on any atom is -0.493 e. The van der Waals surface area contributed by atoms with Crippen molar-refractivity contribution in [2.24, 2.45) is 5.41 Å². The van der Waals surface area contributed by atoms with Gasteiger partial charge in [-0.15, -0.1) is 0 Å². The lowest BCUT2D eigenvalue weighted by molar-refractivity contribution is -0.121. The predicted molar refractivity (Wildman–Crippen MR) is 89.1 cm³/mol. The molecule has 4 heteroatoms. The average molecular weight is 304 g/mol. The van der Waals surface area contributed by atoms with Crippen molar-refractivity contribution < 1.29 is 9.53 Å². The van der Waals surface area contributed by atoms with Crippen LogP contribution in [0.15, 0.2) is 24.3 Å². The van der Waals surface area contributed by atoms with Crippen molar-refractivity contribution in [3.8, 4) is 5.75 Å². The van der Waals surface area contributed by atoms with Gasteiger partial charge in [0.25, 0.3) is 0 Å². The fraction of sp³-hybridized carbons (Fsp3) is 0.611. The molecule has 1 amide bonds. The van der Waals surface area contributed by atoms with E-state index >= 15 is 0 Å². The van der Waals surface area contributed by atoms with Crippen molar-refractivity contribution in [1.29, 1.82) is 0 Å². The Labute approximate surface area is 133 Å². The van der Waals surface area contributed by atoms with Crippen LogP contribution in [0.2, 0.25) is 0 Å². The number of aryl methyl sites for hydroxylation is 1. The molecule has 1 heterocycles. The van der Waals surface area contributed by atoms with E-state index < -0.39 is 0 Å². The summed E-state index contributed by atoms with van der Waals surface area (Å²) < 4.78 is 5.61. The molecule has 1 unspecified atom stereocenters. The summed E-state index contributed by atoms with van der Waals surface area (Å²) in [6, 6.07) is 8.23. The number of piperidine rings is 1. The van der Waals surface area contributed by atoms with E-state index in [-0.39, 0.29) is 11.3 Å². The Bertz CT molecular complexity index is 500. The third-order valence-electron chi connectivity index (χ3n) is 4.42. The molecule has 0 radical (unpaired) electrons. The van der Waals surface area contributed by atoms with Crippen LogP contribution in [-0.2, 0) is 4.79 Å². The highest BCUT2D eigenvalue weighted by Crippen LogP contribution is 2.29. The number of benzene rings is 1. The molecule has 0 saturated carbocycles. The number of amides is 1. The first kappa shape index (κ1) is 16.8. The summed E-state index contributed by atoms with van der Waals surface area (Å²) in [5.74, 6) is 0.874. The molecule has 1 atom stereocenters.